The molecule has 2 aromatic carbocycles. The molecule has 2 aliphatic rings. The van der Waals surface area contributed by atoms with Gasteiger partial charge in [-0.1, -0.05) is 30.7 Å². The van der Waals surface area contributed by atoms with Crippen LogP contribution in [0.25, 0.3) is 11.1 Å². The first-order chi connectivity index (χ1) is 14.8. The molecular formula is C25H36FN3S. The topological polar surface area (TPSA) is 18.5 Å². The van der Waals surface area contributed by atoms with Crippen molar-refractivity contribution in [3.63, 3.8) is 0 Å². The second-order valence-electron chi connectivity index (χ2n) is 8.55. The summed E-state index contributed by atoms with van der Waals surface area (Å²) in [6.07, 6.45) is 8.12. The summed E-state index contributed by atoms with van der Waals surface area (Å²) in [6.45, 7) is 7.41. The van der Waals surface area contributed by atoms with Crippen LogP contribution in [0.15, 0.2) is 53.4 Å². The number of likely N-dealkylation sites (tertiary alicyclic amines) is 2. The molecule has 0 aromatic heterocycles. The minimum absolute atomic E-state index is 0. The largest absolute Gasteiger partial charge is 0.303 e. The third-order valence-corrected chi connectivity index (χ3v) is 7.30. The Labute approximate surface area is 186 Å². The summed E-state index contributed by atoms with van der Waals surface area (Å²) in [5.74, 6) is -0.193. The van der Waals surface area contributed by atoms with Gasteiger partial charge >= 0.3 is 0 Å². The predicted molar refractivity (Wildman–Crippen MR) is 127 cm³/mol. The molecule has 0 radical (unpaired) electrons. The average Bonchev–Trinajstić information content (AvgIpc) is 2.81. The van der Waals surface area contributed by atoms with E-state index in [1.807, 2.05) is 12.1 Å². The number of hydrogen-bond acceptors (Lipinski definition) is 4. The molecule has 4 rings (SSSR count). The van der Waals surface area contributed by atoms with Crippen LogP contribution in [0.1, 0.15) is 40.0 Å². The molecule has 0 bridgehead atoms. The van der Waals surface area contributed by atoms with Gasteiger partial charge in [-0.3, -0.25) is 4.72 Å². The van der Waals surface area contributed by atoms with Gasteiger partial charge in [0.25, 0.3) is 0 Å². The molecule has 2 aliphatic heterocycles. The number of rotatable bonds is 8. The van der Waals surface area contributed by atoms with Gasteiger partial charge in [-0.15, -0.1) is 0 Å². The Morgan fingerprint density at radius 3 is 2.17 bits per heavy atom. The lowest BCUT2D eigenvalue weighted by Crippen LogP contribution is -2.46. The third-order valence-electron chi connectivity index (χ3n) is 6.44. The molecule has 0 aliphatic carbocycles. The quantitative estimate of drug-likeness (QED) is 0.430. The van der Waals surface area contributed by atoms with Gasteiger partial charge in [-0.05, 0) is 112 Å². The van der Waals surface area contributed by atoms with Gasteiger partial charge in [-0.25, -0.2) is 4.39 Å². The molecule has 30 heavy (non-hydrogen) atoms. The van der Waals surface area contributed by atoms with Crippen molar-refractivity contribution < 1.29 is 5.82 Å². The van der Waals surface area contributed by atoms with Crippen LogP contribution in [0.3, 0.4) is 0 Å². The lowest BCUT2D eigenvalue weighted by Gasteiger charge is -2.40. The van der Waals surface area contributed by atoms with E-state index in [0.717, 1.165) is 23.7 Å². The van der Waals surface area contributed by atoms with Crippen molar-refractivity contribution in [3.05, 3.63) is 54.3 Å². The SMILES string of the molecule is Fc1ccc(-c2ccc(SNCCCN3CCC(N4CCCCC4)CC3)cc2)cc1.[HH]. The maximum Gasteiger partial charge on any atom is 0.123 e. The molecule has 2 fully saturated rings. The Bertz CT molecular complexity index is 757. The van der Waals surface area contributed by atoms with Crippen molar-refractivity contribution in [1.82, 2.24) is 14.5 Å². The standard InChI is InChI=1S/C25H34FN3S.H2/c26-23-9-5-21(6-10-23)22-7-11-25(12-8-22)30-27-15-4-16-28-19-13-24(14-20-28)29-17-2-1-3-18-29;/h5-12,24,27H,1-4,13-20H2;1H. The van der Waals surface area contributed by atoms with E-state index >= 15 is 0 Å². The van der Waals surface area contributed by atoms with E-state index in [4.69, 9.17) is 0 Å². The van der Waals surface area contributed by atoms with Crippen LogP contribution in [0.2, 0.25) is 0 Å². The van der Waals surface area contributed by atoms with Crippen LogP contribution in [-0.2, 0) is 0 Å². The molecule has 2 saturated heterocycles. The Balaban J connectivity index is 0.00000272. The molecule has 3 nitrogen and oxygen atoms in total. The van der Waals surface area contributed by atoms with E-state index < -0.39 is 0 Å². The fourth-order valence-corrected chi connectivity index (χ4v) is 5.34. The second kappa shape index (κ2) is 11.3. The molecule has 0 saturated carbocycles. The Kier molecular flexibility index (Phi) is 8.21. The van der Waals surface area contributed by atoms with Gasteiger partial charge in [0, 0.05) is 18.9 Å². The van der Waals surface area contributed by atoms with Gasteiger partial charge < -0.3 is 9.80 Å². The van der Waals surface area contributed by atoms with Crippen molar-refractivity contribution in [1.29, 1.82) is 0 Å². The number of piperidine rings is 2. The molecule has 0 spiro atoms. The summed E-state index contributed by atoms with van der Waals surface area (Å²) in [6, 6.07) is 16.0. The zero-order valence-electron chi connectivity index (χ0n) is 17.9. The zero-order valence-corrected chi connectivity index (χ0v) is 18.7. The van der Waals surface area contributed by atoms with Crippen molar-refractivity contribution in [2.75, 3.05) is 39.3 Å². The van der Waals surface area contributed by atoms with E-state index in [-0.39, 0.29) is 7.24 Å². The number of nitrogens with one attached hydrogen (secondary N) is 1. The van der Waals surface area contributed by atoms with Crippen LogP contribution in [0.4, 0.5) is 4.39 Å². The predicted octanol–water partition coefficient (Wildman–Crippen LogP) is 5.68. The van der Waals surface area contributed by atoms with E-state index in [2.05, 4.69) is 38.8 Å². The minimum Gasteiger partial charge on any atom is -0.303 e. The summed E-state index contributed by atoms with van der Waals surface area (Å²) >= 11 is 1.70. The van der Waals surface area contributed by atoms with E-state index in [9.17, 15) is 4.39 Å². The molecule has 0 atom stereocenters. The van der Waals surface area contributed by atoms with E-state index in [1.54, 1.807) is 11.9 Å². The van der Waals surface area contributed by atoms with Gasteiger partial charge in [-0.2, -0.15) is 0 Å². The van der Waals surface area contributed by atoms with Crippen LogP contribution in [-0.4, -0.2) is 55.1 Å². The van der Waals surface area contributed by atoms with Gasteiger partial charge in [0.15, 0.2) is 0 Å². The first kappa shape index (κ1) is 21.8. The first-order valence-corrected chi connectivity index (χ1v) is 12.3. The molecule has 5 heteroatoms. The molecule has 0 amide bonds. The zero-order chi connectivity index (χ0) is 20.6. The maximum absolute atomic E-state index is 13.1. The summed E-state index contributed by atoms with van der Waals surface area (Å²) in [5.41, 5.74) is 2.16. The second-order valence-corrected chi connectivity index (χ2v) is 9.51. The summed E-state index contributed by atoms with van der Waals surface area (Å²) in [4.78, 5) is 6.60. The minimum atomic E-state index is -0.193. The fourth-order valence-electron chi connectivity index (χ4n) is 4.66. The summed E-state index contributed by atoms with van der Waals surface area (Å²) in [5, 5.41) is 0. The molecule has 2 aromatic rings. The highest BCUT2D eigenvalue weighted by atomic mass is 32.2. The first-order valence-electron chi connectivity index (χ1n) is 11.5. The number of benzene rings is 2. The van der Waals surface area contributed by atoms with E-state index in [1.165, 1.54) is 88.3 Å². The van der Waals surface area contributed by atoms with Gasteiger partial charge in [0.1, 0.15) is 5.82 Å². The van der Waals surface area contributed by atoms with Gasteiger partial charge in [0.2, 0.25) is 0 Å². The summed E-state index contributed by atoms with van der Waals surface area (Å²) in [7, 11) is 0. The highest BCUT2D eigenvalue weighted by Gasteiger charge is 2.25. The summed E-state index contributed by atoms with van der Waals surface area (Å²) < 4.78 is 16.6. The highest BCUT2D eigenvalue weighted by Crippen LogP contribution is 2.24. The van der Waals surface area contributed by atoms with Crippen LogP contribution in [0, 0.1) is 5.82 Å². The van der Waals surface area contributed by atoms with Crippen LogP contribution < -0.4 is 4.72 Å². The number of nitrogens with zero attached hydrogens (tertiary/aromatic N) is 2. The Morgan fingerprint density at radius 2 is 1.50 bits per heavy atom. The molecule has 1 N–H and O–H groups in total. The highest BCUT2D eigenvalue weighted by molar-refractivity contribution is 7.97. The van der Waals surface area contributed by atoms with Crippen molar-refractivity contribution in [2.45, 2.75) is 49.5 Å². The molecule has 164 valence electrons. The molecule has 2 heterocycles. The molecular weight excluding hydrogens is 393 g/mol. The average molecular weight is 430 g/mol. The smallest absolute Gasteiger partial charge is 0.123 e. The van der Waals surface area contributed by atoms with Crippen molar-refractivity contribution in [2.24, 2.45) is 0 Å². The van der Waals surface area contributed by atoms with Crippen molar-refractivity contribution >= 4 is 11.9 Å². The van der Waals surface area contributed by atoms with Crippen molar-refractivity contribution in [3.8, 4) is 11.1 Å². The van der Waals surface area contributed by atoms with Gasteiger partial charge in [0.05, 0.1) is 0 Å². The maximum atomic E-state index is 13.1. The lowest BCUT2D eigenvalue weighted by atomic mass is 10.00. The van der Waals surface area contributed by atoms with Crippen LogP contribution >= 0.6 is 11.9 Å². The monoisotopic (exact) mass is 429 g/mol. The fraction of sp³-hybridized carbons (Fsp3) is 0.520. The molecule has 0 unspecified atom stereocenters. The Morgan fingerprint density at radius 1 is 0.867 bits per heavy atom. The van der Waals surface area contributed by atoms with Crippen LogP contribution in [0.5, 0.6) is 0 Å². The normalized spacial score (nSPS) is 19.2. The number of halogens is 1. The van der Waals surface area contributed by atoms with E-state index in [0.29, 0.717) is 0 Å². The number of hydrogen-bond donors (Lipinski definition) is 1. The lowest BCUT2D eigenvalue weighted by molar-refractivity contribution is 0.0923. The Hall–Kier alpha value is -1.40. The third kappa shape index (κ3) is 6.30.